The van der Waals surface area contributed by atoms with Gasteiger partial charge >= 0.3 is 0 Å². The molecule has 2 atom stereocenters. The van der Waals surface area contributed by atoms with Gasteiger partial charge in [0.2, 0.25) is 0 Å². The van der Waals surface area contributed by atoms with E-state index < -0.39 is 0 Å². The molecule has 1 aliphatic heterocycles. The number of ether oxygens (including phenoxy) is 1. The van der Waals surface area contributed by atoms with E-state index in [1.54, 1.807) is 0 Å². The molecule has 0 spiro atoms. The molecule has 1 fully saturated rings. The number of morpholine rings is 1. The van der Waals surface area contributed by atoms with Gasteiger partial charge in [-0.2, -0.15) is 0 Å². The second kappa shape index (κ2) is 7.39. The van der Waals surface area contributed by atoms with Crippen molar-refractivity contribution in [3.05, 3.63) is 34.3 Å². The molecule has 0 saturated carbocycles. The van der Waals surface area contributed by atoms with Crippen LogP contribution in [0.2, 0.25) is 0 Å². The fourth-order valence-electron chi connectivity index (χ4n) is 2.46. The van der Waals surface area contributed by atoms with Crippen LogP contribution in [0.25, 0.3) is 0 Å². The quantitative estimate of drug-likeness (QED) is 0.900. The zero-order valence-electron chi connectivity index (χ0n) is 11.7. The topological polar surface area (TPSA) is 24.5 Å². The summed E-state index contributed by atoms with van der Waals surface area (Å²) in [6.07, 6.45) is 1.40. The average molecular weight is 327 g/mol. The first kappa shape index (κ1) is 15.0. The van der Waals surface area contributed by atoms with E-state index in [1.807, 2.05) is 0 Å². The first-order chi connectivity index (χ1) is 9.19. The van der Waals surface area contributed by atoms with E-state index in [4.69, 9.17) is 4.74 Å². The Labute approximate surface area is 124 Å². The Balaban J connectivity index is 1.87. The second-order valence-electron chi connectivity index (χ2n) is 5.18. The van der Waals surface area contributed by atoms with Crippen LogP contribution >= 0.6 is 15.9 Å². The lowest BCUT2D eigenvalue weighted by Gasteiger charge is -2.31. The molecule has 0 amide bonds. The van der Waals surface area contributed by atoms with Crippen molar-refractivity contribution in [2.75, 3.05) is 33.3 Å². The van der Waals surface area contributed by atoms with Crippen molar-refractivity contribution in [2.24, 2.45) is 0 Å². The molecule has 0 radical (unpaired) electrons. The van der Waals surface area contributed by atoms with Crippen LogP contribution in [0.5, 0.6) is 0 Å². The number of nitrogens with one attached hydrogen (secondary N) is 1. The van der Waals surface area contributed by atoms with Gasteiger partial charge in [0.15, 0.2) is 0 Å². The average Bonchev–Trinajstić information content (AvgIpc) is 2.41. The molecule has 2 rings (SSSR count). The standard InChI is InChI=1S/C15H23BrN2O/c1-3-15(12-4-6-13(16)7-5-12)17-10-14-11-18(2)8-9-19-14/h4-7,14-15,17H,3,8-11H2,1-2H3. The highest BCUT2D eigenvalue weighted by Gasteiger charge is 2.19. The molecule has 1 aliphatic rings. The Morgan fingerprint density at radius 2 is 2.16 bits per heavy atom. The molecule has 3 nitrogen and oxygen atoms in total. The molecule has 106 valence electrons. The summed E-state index contributed by atoms with van der Waals surface area (Å²) in [7, 11) is 2.15. The van der Waals surface area contributed by atoms with Crippen LogP contribution in [0.15, 0.2) is 28.7 Å². The van der Waals surface area contributed by atoms with Crippen molar-refractivity contribution in [3.8, 4) is 0 Å². The summed E-state index contributed by atoms with van der Waals surface area (Å²) in [5.41, 5.74) is 1.34. The minimum Gasteiger partial charge on any atom is -0.374 e. The van der Waals surface area contributed by atoms with Crippen molar-refractivity contribution in [2.45, 2.75) is 25.5 Å². The van der Waals surface area contributed by atoms with Crippen LogP contribution in [-0.2, 0) is 4.74 Å². The zero-order valence-corrected chi connectivity index (χ0v) is 13.3. The number of halogens is 1. The van der Waals surface area contributed by atoms with Crippen LogP contribution in [0.4, 0.5) is 0 Å². The third kappa shape index (κ3) is 4.56. The maximum atomic E-state index is 5.79. The lowest BCUT2D eigenvalue weighted by molar-refractivity contribution is -0.0193. The van der Waals surface area contributed by atoms with Crippen LogP contribution in [0.1, 0.15) is 24.9 Å². The van der Waals surface area contributed by atoms with Crippen molar-refractivity contribution in [1.82, 2.24) is 10.2 Å². The Kier molecular flexibility index (Phi) is 5.82. The summed E-state index contributed by atoms with van der Waals surface area (Å²) in [5.74, 6) is 0. The normalized spacial score (nSPS) is 22.4. The largest absolute Gasteiger partial charge is 0.374 e. The monoisotopic (exact) mass is 326 g/mol. The second-order valence-corrected chi connectivity index (χ2v) is 6.09. The third-order valence-corrected chi connectivity index (χ3v) is 4.14. The molecule has 0 aromatic heterocycles. The SMILES string of the molecule is CCC(NCC1CN(C)CCO1)c1ccc(Br)cc1. The minimum absolute atomic E-state index is 0.309. The Bertz CT molecular complexity index is 382. The van der Waals surface area contributed by atoms with Crippen LogP contribution in [0, 0.1) is 0 Å². The number of benzene rings is 1. The van der Waals surface area contributed by atoms with Crippen LogP contribution in [-0.4, -0.2) is 44.3 Å². The van der Waals surface area contributed by atoms with E-state index in [2.05, 4.69) is 64.4 Å². The highest BCUT2D eigenvalue weighted by molar-refractivity contribution is 9.10. The van der Waals surface area contributed by atoms with Gasteiger partial charge in [0, 0.05) is 30.1 Å². The molecule has 0 aliphatic carbocycles. The van der Waals surface area contributed by atoms with Crippen LogP contribution < -0.4 is 5.32 Å². The first-order valence-electron chi connectivity index (χ1n) is 6.98. The summed E-state index contributed by atoms with van der Waals surface area (Å²) < 4.78 is 6.91. The van der Waals surface area contributed by atoms with Gasteiger partial charge in [-0.15, -0.1) is 0 Å². The molecule has 1 heterocycles. The molecular weight excluding hydrogens is 304 g/mol. The van der Waals surface area contributed by atoms with Gasteiger partial charge in [0.1, 0.15) is 0 Å². The molecule has 1 saturated heterocycles. The van der Waals surface area contributed by atoms with Gasteiger partial charge in [-0.1, -0.05) is 35.0 Å². The third-order valence-electron chi connectivity index (χ3n) is 3.61. The van der Waals surface area contributed by atoms with Gasteiger partial charge in [-0.05, 0) is 31.2 Å². The Morgan fingerprint density at radius 1 is 1.42 bits per heavy atom. The predicted molar refractivity (Wildman–Crippen MR) is 82.4 cm³/mol. The summed E-state index contributed by atoms with van der Waals surface area (Å²) >= 11 is 3.48. The van der Waals surface area contributed by atoms with E-state index in [0.29, 0.717) is 12.1 Å². The number of nitrogens with zero attached hydrogens (tertiary/aromatic N) is 1. The smallest absolute Gasteiger partial charge is 0.0826 e. The fraction of sp³-hybridized carbons (Fsp3) is 0.600. The van der Waals surface area contributed by atoms with Crippen molar-refractivity contribution in [3.63, 3.8) is 0 Å². The molecule has 2 unspecified atom stereocenters. The molecule has 4 heteroatoms. The number of hydrogen-bond acceptors (Lipinski definition) is 3. The molecular formula is C15H23BrN2O. The van der Waals surface area contributed by atoms with E-state index in [9.17, 15) is 0 Å². The lowest BCUT2D eigenvalue weighted by atomic mass is 10.0. The van der Waals surface area contributed by atoms with E-state index in [-0.39, 0.29) is 0 Å². The number of likely N-dealkylation sites (N-methyl/N-ethyl adjacent to an activating group) is 1. The highest BCUT2D eigenvalue weighted by Crippen LogP contribution is 2.19. The highest BCUT2D eigenvalue weighted by atomic mass is 79.9. The predicted octanol–water partition coefficient (Wildman–Crippen LogP) is 2.82. The van der Waals surface area contributed by atoms with E-state index >= 15 is 0 Å². The van der Waals surface area contributed by atoms with Gasteiger partial charge in [-0.3, -0.25) is 0 Å². The van der Waals surface area contributed by atoms with Crippen molar-refractivity contribution < 1.29 is 4.74 Å². The maximum absolute atomic E-state index is 5.79. The molecule has 1 aromatic carbocycles. The van der Waals surface area contributed by atoms with Crippen molar-refractivity contribution >= 4 is 15.9 Å². The summed E-state index contributed by atoms with van der Waals surface area (Å²) in [6, 6.07) is 8.97. The van der Waals surface area contributed by atoms with E-state index in [0.717, 1.165) is 37.1 Å². The van der Waals surface area contributed by atoms with Gasteiger partial charge < -0.3 is 15.0 Å². The molecule has 0 bridgehead atoms. The first-order valence-corrected chi connectivity index (χ1v) is 7.77. The Morgan fingerprint density at radius 3 is 2.79 bits per heavy atom. The maximum Gasteiger partial charge on any atom is 0.0826 e. The molecule has 19 heavy (non-hydrogen) atoms. The molecule has 1 aromatic rings. The Hall–Kier alpha value is -0.420. The van der Waals surface area contributed by atoms with Gasteiger partial charge in [-0.25, -0.2) is 0 Å². The van der Waals surface area contributed by atoms with Crippen LogP contribution in [0.3, 0.4) is 0 Å². The summed E-state index contributed by atoms with van der Waals surface area (Å²) in [4.78, 5) is 2.33. The van der Waals surface area contributed by atoms with Gasteiger partial charge in [0.25, 0.3) is 0 Å². The fourth-order valence-corrected chi connectivity index (χ4v) is 2.72. The summed E-state index contributed by atoms with van der Waals surface area (Å²) in [5, 5.41) is 3.63. The number of rotatable bonds is 5. The van der Waals surface area contributed by atoms with Gasteiger partial charge in [0.05, 0.1) is 12.7 Å². The number of hydrogen-bond donors (Lipinski definition) is 1. The molecule has 1 N–H and O–H groups in total. The summed E-state index contributed by atoms with van der Waals surface area (Å²) in [6.45, 7) is 6.04. The minimum atomic E-state index is 0.309. The van der Waals surface area contributed by atoms with Crippen molar-refractivity contribution in [1.29, 1.82) is 0 Å². The lowest BCUT2D eigenvalue weighted by Crippen LogP contribution is -2.45. The zero-order chi connectivity index (χ0) is 13.7. The van der Waals surface area contributed by atoms with E-state index in [1.165, 1.54) is 5.56 Å².